The smallest absolute Gasteiger partial charge is 0.255 e. The third-order valence-electron chi connectivity index (χ3n) is 4.00. The van der Waals surface area contributed by atoms with Crippen molar-refractivity contribution >= 4 is 10.8 Å². The fourth-order valence-corrected chi connectivity index (χ4v) is 2.79. The standard InChI is InChI=1S/C16H19FN2O2/c1-2-10-9-19-16(20)13-7-14(17)15(8-12(10)13)21-11-3-5-18-6-4-11/h7-9,11,18H,2-6H2,1H3,(H,19,20). The van der Waals surface area contributed by atoms with Crippen molar-refractivity contribution in [2.45, 2.75) is 32.3 Å². The zero-order valence-electron chi connectivity index (χ0n) is 12.0. The van der Waals surface area contributed by atoms with Gasteiger partial charge in [-0.25, -0.2) is 4.39 Å². The van der Waals surface area contributed by atoms with Crippen molar-refractivity contribution in [1.29, 1.82) is 0 Å². The highest BCUT2D eigenvalue weighted by atomic mass is 19.1. The molecule has 2 aromatic rings. The number of fused-ring (bicyclic) bond motifs is 1. The number of nitrogens with one attached hydrogen (secondary N) is 2. The predicted octanol–water partition coefficient (Wildman–Crippen LogP) is 2.36. The van der Waals surface area contributed by atoms with Crippen molar-refractivity contribution in [3.05, 3.63) is 40.1 Å². The monoisotopic (exact) mass is 290 g/mol. The van der Waals surface area contributed by atoms with Gasteiger partial charge in [0, 0.05) is 6.20 Å². The second-order valence-corrected chi connectivity index (χ2v) is 5.39. The van der Waals surface area contributed by atoms with Gasteiger partial charge in [0.2, 0.25) is 0 Å². The maximum atomic E-state index is 14.2. The molecule has 1 aliphatic rings. The molecule has 4 nitrogen and oxygen atoms in total. The maximum Gasteiger partial charge on any atom is 0.255 e. The summed E-state index contributed by atoms with van der Waals surface area (Å²) in [6.45, 7) is 3.78. The Morgan fingerprint density at radius 3 is 2.76 bits per heavy atom. The van der Waals surface area contributed by atoms with Crippen molar-refractivity contribution in [2.24, 2.45) is 0 Å². The van der Waals surface area contributed by atoms with E-state index in [0.717, 1.165) is 43.3 Å². The summed E-state index contributed by atoms with van der Waals surface area (Å²) in [7, 11) is 0. The summed E-state index contributed by atoms with van der Waals surface area (Å²) in [5.74, 6) is -0.227. The van der Waals surface area contributed by atoms with Gasteiger partial charge in [-0.1, -0.05) is 6.92 Å². The first-order chi connectivity index (χ1) is 10.2. The van der Waals surface area contributed by atoms with E-state index >= 15 is 0 Å². The van der Waals surface area contributed by atoms with Crippen LogP contribution in [0, 0.1) is 5.82 Å². The van der Waals surface area contributed by atoms with E-state index in [1.54, 1.807) is 12.3 Å². The van der Waals surface area contributed by atoms with Crippen LogP contribution in [0.2, 0.25) is 0 Å². The molecule has 1 aliphatic heterocycles. The number of halogens is 1. The van der Waals surface area contributed by atoms with Gasteiger partial charge in [0.25, 0.3) is 5.56 Å². The number of rotatable bonds is 3. The minimum absolute atomic E-state index is 0.0327. The number of piperidine rings is 1. The molecule has 2 N–H and O–H groups in total. The summed E-state index contributed by atoms with van der Waals surface area (Å²) in [5, 5.41) is 4.40. The Hall–Kier alpha value is -1.88. The molecule has 0 radical (unpaired) electrons. The van der Waals surface area contributed by atoms with Crippen LogP contribution in [0.1, 0.15) is 25.3 Å². The lowest BCUT2D eigenvalue weighted by atomic mass is 10.0. The molecule has 0 aliphatic carbocycles. The van der Waals surface area contributed by atoms with E-state index in [4.69, 9.17) is 4.74 Å². The molecule has 0 spiro atoms. The zero-order valence-corrected chi connectivity index (χ0v) is 12.0. The van der Waals surface area contributed by atoms with Gasteiger partial charge in [-0.15, -0.1) is 0 Å². The van der Waals surface area contributed by atoms with E-state index in [9.17, 15) is 9.18 Å². The lowest BCUT2D eigenvalue weighted by Crippen LogP contribution is -2.34. The molecule has 0 atom stereocenters. The third-order valence-corrected chi connectivity index (χ3v) is 4.00. The number of pyridine rings is 1. The second kappa shape index (κ2) is 5.85. The molecule has 1 saturated heterocycles. The molecule has 112 valence electrons. The molecule has 1 fully saturated rings. The summed E-state index contributed by atoms with van der Waals surface area (Å²) in [4.78, 5) is 14.5. The SMILES string of the molecule is CCc1c[nH]c(=O)c2cc(F)c(OC3CCNCC3)cc12. The van der Waals surface area contributed by atoms with E-state index in [-0.39, 0.29) is 17.4 Å². The summed E-state index contributed by atoms with van der Waals surface area (Å²) in [6.07, 6.45) is 4.23. The molecule has 2 heterocycles. The van der Waals surface area contributed by atoms with E-state index in [1.165, 1.54) is 6.07 Å². The second-order valence-electron chi connectivity index (χ2n) is 5.39. The molecule has 0 amide bonds. The Bertz CT molecular complexity index is 705. The van der Waals surface area contributed by atoms with E-state index in [0.29, 0.717) is 5.39 Å². The number of benzene rings is 1. The molecule has 1 aromatic heterocycles. The average Bonchev–Trinajstić information content (AvgIpc) is 2.50. The number of aromatic nitrogens is 1. The highest BCUT2D eigenvalue weighted by Crippen LogP contribution is 2.27. The Balaban J connectivity index is 2.02. The third kappa shape index (κ3) is 2.78. The van der Waals surface area contributed by atoms with Crippen LogP contribution in [0.3, 0.4) is 0 Å². The molecule has 0 saturated carbocycles. The lowest BCUT2D eigenvalue weighted by Gasteiger charge is -2.24. The van der Waals surface area contributed by atoms with E-state index in [2.05, 4.69) is 10.3 Å². The summed E-state index contributed by atoms with van der Waals surface area (Å²) >= 11 is 0. The lowest BCUT2D eigenvalue weighted by molar-refractivity contribution is 0.156. The first-order valence-corrected chi connectivity index (χ1v) is 7.40. The molecule has 0 bridgehead atoms. The van der Waals surface area contributed by atoms with Gasteiger partial charge in [-0.3, -0.25) is 4.79 Å². The Morgan fingerprint density at radius 1 is 1.29 bits per heavy atom. The van der Waals surface area contributed by atoms with Crippen molar-refractivity contribution < 1.29 is 9.13 Å². The van der Waals surface area contributed by atoms with Crippen molar-refractivity contribution in [2.75, 3.05) is 13.1 Å². The normalized spacial score (nSPS) is 16.3. The number of hydrogen-bond acceptors (Lipinski definition) is 3. The summed E-state index contributed by atoms with van der Waals surface area (Å²) in [6, 6.07) is 2.95. The Morgan fingerprint density at radius 2 is 2.05 bits per heavy atom. The van der Waals surface area contributed by atoms with Gasteiger partial charge in [0.15, 0.2) is 11.6 Å². The van der Waals surface area contributed by atoms with Gasteiger partial charge in [0.05, 0.1) is 5.39 Å². The van der Waals surface area contributed by atoms with E-state index in [1.807, 2.05) is 6.92 Å². The van der Waals surface area contributed by atoms with Crippen LogP contribution in [0.4, 0.5) is 4.39 Å². The zero-order chi connectivity index (χ0) is 14.8. The van der Waals surface area contributed by atoms with Crippen LogP contribution in [-0.2, 0) is 6.42 Å². The quantitative estimate of drug-likeness (QED) is 0.912. The molecule has 3 rings (SSSR count). The predicted molar refractivity (Wildman–Crippen MR) is 80.4 cm³/mol. The van der Waals surface area contributed by atoms with Crippen LogP contribution in [0.15, 0.2) is 23.1 Å². The Labute approximate surface area is 122 Å². The van der Waals surface area contributed by atoms with Crippen LogP contribution in [0.5, 0.6) is 5.75 Å². The number of ether oxygens (including phenoxy) is 1. The first kappa shape index (κ1) is 14.1. The van der Waals surface area contributed by atoms with Gasteiger partial charge >= 0.3 is 0 Å². The maximum absolute atomic E-state index is 14.2. The van der Waals surface area contributed by atoms with Crippen LogP contribution in [-0.4, -0.2) is 24.2 Å². The van der Waals surface area contributed by atoms with Gasteiger partial charge in [-0.2, -0.15) is 0 Å². The molecule has 0 unspecified atom stereocenters. The number of aryl methyl sites for hydroxylation is 1. The number of aromatic amines is 1. The van der Waals surface area contributed by atoms with Crippen LogP contribution < -0.4 is 15.6 Å². The van der Waals surface area contributed by atoms with Crippen molar-refractivity contribution in [1.82, 2.24) is 10.3 Å². The highest BCUT2D eigenvalue weighted by molar-refractivity contribution is 5.86. The molecule has 5 heteroatoms. The molecular formula is C16H19FN2O2. The highest BCUT2D eigenvalue weighted by Gasteiger charge is 2.18. The topological polar surface area (TPSA) is 54.1 Å². The van der Waals surface area contributed by atoms with Gasteiger partial charge in [0.1, 0.15) is 6.10 Å². The first-order valence-electron chi connectivity index (χ1n) is 7.40. The largest absolute Gasteiger partial charge is 0.487 e. The van der Waals surface area contributed by atoms with Gasteiger partial charge in [-0.05, 0) is 55.4 Å². The molecule has 21 heavy (non-hydrogen) atoms. The summed E-state index contributed by atoms with van der Waals surface area (Å²) in [5.41, 5.74) is 0.717. The van der Waals surface area contributed by atoms with Crippen molar-refractivity contribution in [3.63, 3.8) is 0 Å². The minimum atomic E-state index is -0.472. The fraction of sp³-hybridized carbons (Fsp3) is 0.438. The number of hydrogen-bond donors (Lipinski definition) is 2. The Kier molecular flexibility index (Phi) is 3.92. The minimum Gasteiger partial charge on any atom is -0.487 e. The molecular weight excluding hydrogens is 271 g/mol. The van der Waals surface area contributed by atoms with Gasteiger partial charge < -0.3 is 15.0 Å². The number of H-pyrrole nitrogens is 1. The van der Waals surface area contributed by atoms with Crippen molar-refractivity contribution in [3.8, 4) is 5.75 Å². The fourth-order valence-electron chi connectivity index (χ4n) is 2.79. The van der Waals surface area contributed by atoms with E-state index < -0.39 is 5.82 Å². The summed E-state index contributed by atoms with van der Waals surface area (Å²) < 4.78 is 20.0. The molecule has 1 aromatic carbocycles. The van der Waals surface area contributed by atoms with Crippen LogP contribution in [0.25, 0.3) is 10.8 Å². The average molecular weight is 290 g/mol. The van der Waals surface area contributed by atoms with Crippen LogP contribution >= 0.6 is 0 Å².